The van der Waals surface area contributed by atoms with E-state index >= 15 is 0 Å². The van der Waals surface area contributed by atoms with E-state index in [4.69, 9.17) is 9.47 Å². The summed E-state index contributed by atoms with van der Waals surface area (Å²) in [5.74, 6) is -1.91. The fraction of sp³-hybridized carbons (Fsp3) is 0.346. The lowest BCUT2D eigenvalue weighted by Crippen LogP contribution is -2.44. The maximum Gasteiger partial charge on any atom is 0.317 e. The second-order valence-corrected chi connectivity index (χ2v) is 8.01. The van der Waals surface area contributed by atoms with Crippen molar-refractivity contribution in [3.05, 3.63) is 77.0 Å². The van der Waals surface area contributed by atoms with Crippen LogP contribution in [0.2, 0.25) is 0 Å². The molecule has 0 fully saturated rings. The lowest BCUT2D eigenvalue weighted by molar-refractivity contribution is -0.152. The summed E-state index contributed by atoms with van der Waals surface area (Å²) in [7, 11) is 0. The van der Waals surface area contributed by atoms with Gasteiger partial charge in [-0.15, -0.1) is 0 Å². The van der Waals surface area contributed by atoms with Crippen LogP contribution in [0.5, 0.6) is 5.75 Å². The van der Waals surface area contributed by atoms with Gasteiger partial charge in [0.05, 0.1) is 13.2 Å². The Balaban J connectivity index is 1.77. The molecule has 0 saturated heterocycles. The van der Waals surface area contributed by atoms with Gasteiger partial charge < -0.3 is 14.8 Å². The molecule has 0 unspecified atom stereocenters. The number of hydrogen-bond donors (Lipinski definition) is 1. The first-order valence-corrected chi connectivity index (χ1v) is 11.0. The van der Waals surface area contributed by atoms with Gasteiger partial charge in [0.1, 0.15) is 11.7 Å². The molecule has 166 valence electrons. The Morgan fingerprint density at radius 3 is 2.31 bits per heavy atom. The van der Waals surface area contributed by atoms with E-state index in [1.54, 1.807) is 6.92 Å². The normalized spacial score (nSPS) is 22.8. The van der Waals surface area contributed by atoms with Crippen LogP contribution in [0, 0.1) is 5.92 Å². The molecule has 0 bridgehead atoms. The molecular weight excluding hydrogens is 406 g/mol. The largest absolute Gasteiger partial charge is 0.494 e. The number of amides is 1. The molecule has 0 radical (unpaired) electrons. The standard InChI is InChI=1S/C26H27NO5/c1-3-31-18-12-10-17(11-13-18)20-15-22(28)27-21-14-19(16-8-6-5-7-9-16)24(25(29)23(20)21)26(30)32-4-2/h5-13,19-20,24H,3-4,14-15H2,1-2H3,(H,27,28)/t19-,20-,24-/m0/s1. The number of nitrogens with one attached hydrogen (secondary N) is 1. The molecule has 2 aliphatic rings. The van der Waals surface area contributed by atoms with E-state index in [1.165, 1.54) is 0 Å². The molecule has 4 rings (SSSR count). The van der Waals surface area contributed by atoms with Gasteiger partial charge in [-0.05, 0) is 43.5 Å². The zero-order chi connectivity index (χ0) is 22.7. The summed E-state index contributed by atoms with van der Waals surface area (Å²) in [5, 5.41) is 2.91. The molecule has 0 spiro atoms. The quantitative estimate of drug-likeness (QED) is 0.552. The van der Waals surface area contributed by atoms with Gasteiger partial charge in [-0.2, -0.15) is 0 Å². The summed E-state index contributed by atoms with van der Waals surface area (Å²) in [5.41, 5.74) is 2.85. The third-order valence-corrected chi connectivity index (χ3v) is 6.09. The first-order valence-electron chi connectivity index (χ1n) is 11.0. The topological polar surface area (TPSA) is 81.7 Å². The third kappa shape index (κ3) is 4.17. The van der Waals surface area contributed by atoms with Crippen LogP contribution in [0.3, 0.4) is 0 Å². The maximum absolute atomic E-state index is 13.8. The Hall–Kier alpha value is -3.41. The second kappa shape index (κ2) is 9.39. The number of rotatable bonds is 6. The lowest BCUT2D eigenvalue weighted by Gasteiger charge is -2.38. The van der Waals surface area contributed by atoms with E-state index in [2.05, 4.69) is 5.32 Å². The van der Waals surface area contributed by atoms with Crippen molar-refractivity contribution in [2.45, 2.75) is 38.5 Å². The van der Waals surface area contributed by atoms with Crippen molar-refractivity contribution >= 4 is 17.7 Å². The van der Waals surface area contributed by atoms with Crippen LogP contribution < -0.4 is 10.1 Å². The molecular formula is C26H27NO5. The number of ketones is 1. The molecule has 6 nitrogen and oxygen atoms in total. The van der Waals surface area contributed by atoms with Gasteiger partial charge in [0.25, 0.3) is 0 Å². The van der Waals surface area contributed by atoms with Gasteiger partial charge in [0.2, 0.25) is 5.91 Å². The number of hydrogen-bond acceptors (Lipinski definition) is 5. The molecule has 1 aliphatic heterocycles. The zero-order valence-corrected chi connectivity index (χ0v) is 18.3. The highest BCUT2D eigenvalue weighted by Crippen LogP contribution is 2.45. The molecule has 0 saturated carbocycles. The van der Waals surface area contributed by atoms with E-state index in [1.807, 2.05) is 61.5 Å². The highest BCUT2D eigenvalue weighted by molar-refractivity contribution is 6.12. The van der Waals surface area contributed by atoms with Gasteiger partial charge in [-0.1, -0.05) is 42.5 Å². The van der Waals surface area contributed by atoms with Gasteiger partial charge in [-0.25, -0.2) is 0 Å². The van der Waals surface area contributed by atoms with Crippen LogP contribution in [-0.2, 0) is 19.1 Å². The SMILES string of the molecule is CCOC(=O)[C@@H]1C(=O)C2=C(C[C@H]1c1ccccc1)NC(=O)C[C@H]2c1ccc(OCC)cc1. The summed E-state index contributed by atoms with van der Waals surface area (Å²) < 4.78 is 10.8. The molecule has 32 heavy (non-hydrogen) atoms. The van der Waals surface area contributed by atoms with Crippen molar-refractivity contribution < 1.29 is 23.9 Å². The Labute approximate surface area is 187 Å². The average molecular weight is 434 g/mol. The highest BCUT2D eigenvalue weighted by atomic mass is 16.5. The van der Waals surface area contributed by atoms with Gasteiger partial charge in [0.15, 0.2) is 5.78 Å². The first-order chi connectivity index (χ1) is 15.5. The van der Waals surface area contributed by atoms with E-state index in [0.29, 0.717) is 24.3 Å². The van der Waals surface area contributed by atoms with E-state index in [9.17, 15) is 14.4 Å². The van der Waals surface area contributed by atoms with Crippen LogP contribution in [0.15, 0.2) is 65.9 Å². The summed E-state index contributed by atoms with van der Waals surface area (Å²) in [6.45, 7) is 4.41. The predicted octanol–water partition coefficient (Wildman–Crippen LogP) is 3.88. The number of Topliss-reactive ketones (excluding diaryl/α,β-unsaturated/α-hetero) is 1. The molecule has 1 N–H and O–H groups in total. The summed E-state index contributed by atoms with van der Waals surface area (Å²) in [6.07, 6.45) is 0.554. The maximum atomic E-state index is 13.8. The summed E-state index contributed by atoms with van der Waals surface area (Å²) in [4.78, 5) is 39.3. The van der Waals surface area contributed by atoms with Gasteiger partial charge in [-0.3, -0.25) is 14.4 Å². The van der Waals surface area contributed by atoms with Gasteiger partial charge >= 0.3 is 5.97 Å². The highest BCUT2D eigenvalue weighted by Gasteiger charge is 2.47. The van der Waals surface area contributed by atoms with Crippen molar-refractivity contribution in [1.82, 2.24) is 5.32 Å². The minimum Gasteiger partial charge on any atom is -0.494 e. The zero-order valence-electron chi connectivity index (χ0n) is 18.3. The van der Waals surface area contributed by atoms with E-state index < -0.39 is 17.8 Å². The molecule has 6 heteroatoms. The average Bonchev–Trinajstić information content (AvgIpc) is 2.79. The number of ether oxygens (including phenoxy) is 2. The number of carbonyl (C=O) groups excluding carboxylic acids is 3. The van der Waals surface area contributed by atoms with E-state index in [-0.39, 0.29) is 30.6 Å². The minimum atomic E-state index is -0.934. The van der Waals surface area contributed by atoms with Crippen molar-refractivity contribution in [3.63, 3.8) is 0 Å². The molecule has 2 aromatic rings. The fourth-order valence-corrected chi connectivity index (χ4v) is 4.72. The Morgan fingerprint density at radius 1 is 0.938 bits per heavy atom. The molecule has 0 aromatic heterocycles. The summed E-state index contributed by atoms with van der Waals surface area (Å²) >= 11 is 0. The molecule has 1 aliphatic carbocycles. The smallest absolute Gasteiger partial charge is 0.317 e. The third-order valence-electron chi connectivity index (χ3n) is 6.09. The number of carbonyl (C=O) groups is 3. The molecule has 1 heterocycles. The van der Waals surface area contributed by atoms with Crippen molar-refractivity contribution in [3.8, 4) is 5.75 Å². The van der Waals surface area contributed by atoms with E-state index in [0.717, 1.165) is 16.9 Å². The number of benzene rings is 2. The lowest BCUT2D eigenvalue weighted by atomic mass is 9.68. The Kier molecular flexibility index (Phi) is 6.40. The number of esters is 1. The molecule has 2 aromatic carbocycles. The van der Waals surface area contributed by atoms with Crippen molar-refractivity contribution in [2.24, 2.45) is 5.92 Å². The predicted molar refractivity (Wildman–Crippen MR) is 119 cm³/mol. The van der Waals surface area contributed by atoms with Crippen molar-refractivity contribution in [1.29, 1.82) is 0 Å². The Morgan fingerprint density at radius 2 is 1.66 bits per heavy atom. The van der Waals surface area contributed by atoms with Crippen molar-refractivity contribution in [2.75, 3.05) is 13.2 Å². The first kappa shape index (κ1) is 21.8. The van der Waals surface area contributed by atoms with Crippen LogP contribution in [-0.4, -0.2) is 30.9 Å². The fourth-order valence-electron chi connectivity index (χ4n) is 4.72. The Bertz CT molecular complexity index is 1040. The second-order valence-electron chi connectivity index (χ2n) is 8.01. The monoisotopic (exact) mass is 433 g/mol. The van der Waals surface area contributed by atoms with Crippen LogP contribution in [0.1, 0.15) is 49.7 Å². The van der Waals surface area contributed by atoms with Gasteiger partial charge in [0, 0.05) is 29.5 Å². The van der Waals surface area contributed by atoms with Crippen LogP contribution in [0.25, 0.3) is 0 Å². The molecule has 3 atom stereocenters. The van der Waals surface area contributed by atoms with Crippen LogP contribution in [0.4, 0.5) is 0 Å². The molecule has 1 amide bonds. The number of allylic oxidation sites excluding steroid dienone is 2. The summed E-state index contributed by atoms with van der Waals surface area (Å²) in [6, 6.07) is 16.9. The van der Waals surface area contributed by atoms with Crippen LogP contribution >= 0.6 is 0 Å². The minimum absolute atomic E-state index is 0.128.